The van der Waals surface area contributed by atoms with Crippen LogP contribution in [0.1, 0.15) is 38.1 Å². The van der Waals surface area contributed by atoms with Gasteiger partial charge in [0.2, 0.25) is 5.91 Å². The lowest BCUT2D eigenvalue weighted by Crippen LogP contribution is -2.42. The molecule has 0 N–H and O–H groups in total. The van der Waals surface area contributed by atoms with Gasteiger partial charge in [0.15, 0.2) is 18.1 Å². The van der Waals surface area contributed by atoms with Crippen molar-refractivity contribution in [2.75, 3.05) is 40.4 Å². The van der Waals surface area contributed by atoms with Gasteiger partial charge in [-0.1, -0.05) is 11.6 Å². The summed E-state index contributed by atoms with van der Waals surface area (Å²) >= 11 is 6.20. The predicted molar refractivity (Wildman–Crippen MR) is 110 cm³/mol. The second-order valence-corrected chi connectivity index (χ2v) is 6.96. The molecule has 0 bridgehead atoms. The molecular formula is C20H29ClN2O6. The number of carbonyl (C=O) groups is 3. The van der Waals surface area contributed by atoms with Crippen molar-refractivity contribution in [1.82, 2.24) is 9.80 Å². The van der Waals surface area contributed by atoms with Gasteiger partial charge in [-0.25, -0.2) is 4.79 Å². The molecule has 0 aliphatic heterocycles. The van der Waals surface area contributed by atoms with Crippen LogP contribution in [0, 0.1) is 0 Å². The van der Waals surface area contributed by atoms with Crippen LogP contribution in [0.2, 0.25) is 5.02 Å². The summed E-state index contributed by atoms with van der Waals surface area (Å²) in [4.78, 5) is 39.4. The van der Waals surface area contributed by atoms with Gasteiger partial charge >= 0.3 is 5.97 Å². The van der Waals surface area contributed by atoms with E-state index in [0.29, 0.717) is 18.8 Å². The molecule has 9 heteroatoms. The Labute approximate surface area is 176 Å². The maximum Gasteiger partial charge on any atom is 0.338 e. The Kier molecular flexibility index (Phi) is 9.74. The molecule has 1 aromatic carbocycles. The Hall–Kier alpha value is -2.48. The van der Waals surface area contributed by atoms with E-state index in [2.05, 4.69) is 0 Å². The lowest BCUT2D eigenvalue weighted by molar-refractivity contribution is -0.140. The van der Waals surface area contributed by atoms with Gasteiger partial charge < -0.3 is 24.0 Å². The summed E-state index contributed by atoms with van der Waals surface area (Å²) in [5, 5.41) is 0.193. The van der Waals surface area contributed by atoms with E-state index in [1.54, 1.807) is 4.90 Å². The number of ether oxygens (including phenoxy) is 3. The van der Waals surface area contributed by atoms with Crippen LogP contribution in [0.4, 0.5) is 0 Å². The standard InChI is InChI=1S/C20H29ClN2O6/c1-7-23(8-2)17(24)11-22(5)18(25)12-28-20(26)14-9-15(21)19(29-13(3)4)16(10-14)27-6/h9-10,13H,7-8,11-12H2,1-6H3. The highest BCUT2D eigenvalue weighted by Crippen LogP contribution is 2.37. The average molecular weight is 429 g/mol. The van der Waals surface area contributed by atoms with Crippen LogP contribution in [0.15, 0.2) is 12.1 Å². The Morgan fingerprint density at radius 1 is 1.10 bits per heavy atom. The number of nitrogens with zero attached hydrogens (tertiary/aromatic N) is 2. The average Bonchev–Trinajstić information content (AvgIpc) is 2.67. The van der Waals surface area contributed by atoms with Crippen molar-refractivity contribution in [1.29, 1.82) is 0 Å². The fraction of sp³-hybridized carbons (Fsp3) is 0.550. The highest BCUT2D eigenvalue weighted by Gasteiger charge is 2.21. The number of hydrogen-bond acceptors (Lipinski definition) is 6. The van der Waals surface area contributed by atoms with Crippen LogP contribution >= 0.6 is 11.6 Å². The summed E-state index contributed by atoms with van der Waals surface area (Å²) in [6.07, 6.45) is -0.133. The van der Waals surface area contributed by atoms with E-state index in [1.165, 1.54) is 31.2 Å². The Morgan fingerprint density at radius 2 is 1.72 bits per heavy atom. The third-order valence-electron chi connectivity index (χ3n) is 4.06. The quantitative estimate of drug-likeness (QED) is 0.532. The molecule has 29 heavy (non-hydrogen) atoms. The van der Waals surface area contributed by atoms with Crippen molar-refractivity contribution in [2.24, 2.45) is 0 Å². The topological polar surface area (TPSA) is 85.4 Å². The van der Waals surface area contributed by atoms with Gasteiger partial charge in [-0.3, -0.25) is 9.59 Å². The lowest BCUT2D eigenvalue weighted by atomic mass is 10.2. The molecule has 0 aromatic heterocycles. The zero-order valence-corrected chi connectivity index (χ0v) is 18.5. The third kappa shape index (κ3) is 7.12. The van der Waals surface area contributed by atoms with E-state index in [1.807, 2.05) is 27.7 Å². The molecule has 1 aromatic rings. The molecule has 0 saturated carbocycles. The molecule has 0 unspecified atom stereocenters. The van der Waals surface area contributed by atoms with Crippen LogP contribution < -0.4 is 9.47 Å². The summed E-state index contributed by atoms with van der Waals surface area (Å²) < 4.78 is 15.9. The number of rotatable bonds is 10. The normalized spacial score (nSPS) is 10.5. The van der Waals surface area contributed by atoms with Gasteiger partial charge in [0.05, 0.1) is 30.3 Å². The lowest BCUT2D eigenvalue weighted by Gasteiger charge is -2.23. The number of likely N-dealkylation sites (N-methyl/N-ethyl adjacent to an activating group) is 2. The van der Waals surface area contributed by atoms with E-state index in [-0.39, 0.29) is 34.9 Å². The summed E-state index contributed by atoms with van der Waals surface area (Å²) in [6.45, 7) is 7.95. The van der Waals surface area contributed by atoms with E-state index in [9.17, 15) is 14.4 Å². The van der Waals surface area contributed by atoms with E-state index >= 15 is 0 Å². The number of methoxy groups -OCH3 is 1. The molecule has 0 radical (unpaired) electrons. The summed E-state index contributed by atoms with van der Waals surface area (Å²) in [5.41, 5.74) is 0.123. The zero-order chi connectivity index (χ0) is 22.1. The molecule has 0 saturated heterocycles. The summed E-state index contributed by atoms with van der Waals surface area (Å²) in [7, 11) is 2.91. The molecular weight excluding hydrogens is 400 g/mol. The Bertz CT molecular complexity index is 734. The van der Waals surface area contributed by atoms with Crippen LogP contribution in [0.5, 0.6) is 11.5 Å². The molecule has 8 nitrogen and oxygen atoms in total. The molecule has 2 amide bonds. The molecule has 162 valence electrons. The molecule has 0 aliphatic carbocycles. The first kappa shape index (κ1) is 24.6. The van der Waals surface area contributed by atoms with Crippen LogP contribution in [-0.2, 0) is 14.3 Å². The van der Waals surface area contributed by atoms with Gasteiger partial charge in [-0.05, 0) is 39.8 Å². The maximum atomic E-state index is 12.3. The van der Waals surface area contributed by atoms with Gasteiger partial charge in [0.1, 0.15) is 0 Å². The van der Waals surface area contributed by atoms with Gasteiger partial charge in [-0.2, -0.15) is 0 Å². The van der Waals surface area contributed by atoms with Gasteiger partial charge in [0, 0.05) is 20.1 Å². The highest BCUT2D eigenvalue weighted by atomic mass is 35.5. The largest absolute Gasteiger partial charge is 0.493 e. The maximum absolute atomic E-state index is 12.3. The van der Waals surface area contributed by atoms with Crippen molar-refractivity contribution >= 4 is 29.4 Å². The van der Waals surface area contributed by atoms with E-state index < -0.39 is 18.5 Å². The van der Waals surface area contributed by atoms with Gasteiger partial charge in [-0.15, -0.1) is 0 Å². The van der Waals surface area contributed by atoms with Crippen LogP contribution in [0.25, 0.3) is 0 Å². The SMILES string of the molecule is CCN(CC)C(=O)CN(C)C(=O)COC(=O)c1cc(Cl)c(OC(C)C)c(OC)c1. The fourth-order valence-corrected chi connectivity index (χ4v) is 2.73. The Morgan fingerprint density at radius 3 is 2.24 bits per heavy atom. The molecule has 0 aliphatic rings. The zero-order valence-electron chi connectivity index (χ0n) is 17.8. The number of halogens is 1. The highest BCUT2D eigenvalue weighted by molar-refractivity contribution is 6.32. The first-order valence-electron chi connectivity index (χ1n) is 9.37. The smallest absolute Gasteiger partial charge is 0.338 e. The minimum absolute atomic E-state index is 0.0844. The minimum Gasteiger partial charge on any atom is -0.493 e. The van der Waals surface area contributed by atoms with Crippen molar-refractivity contribution in [2.45, 2.75) is 33.8 Å². The summed E-state index contributed by atoms with van der Waals surface area (Å²) in [6, 6.07) is 2.83. The van der Waals surface area contributed by atoms with Crippen molar-refractivity contribution < 1.29 is 28.6 Å². The second kappa shape index (κ2) is 11.5. The second-order valence-electron chi connectivity index (χ2n) is 6.55. The number of amides is 2. The first-order chi connectivity index (χ1) is 13.6. The molecule has 0 atom stereocenters. The van der Waals surface area contributed by atoms with E-state index in [0.717, 1.165) is 0 Å². The molecule has 0 heterocycles. The fourth-order valence-electron chi connectivity index (χ4n) is 2.48. The number of carbonyl (C=O) groups excluding carboxylic acids is 3. The number of hydrogen-bond donors (Lipinski definition) is 0. The van der Waals surface area contributed by atoms with Crippen LogP contribution in [-0.4, -0.2) is 74.1 Å². The first-order valence-corrected chi connectivity index (χ1v) is 9.75. The predicted octanol–water partition coefficient (Wildman–Crippen LogP) is 2.62. The minimum atomic E-state index is -0.738. The van der Waals surface area contributed by atoms with Crippen molar-refractivity contribution in [3.63, 3.8) is 0 Å². The van der Waals surface area contributed by atoms with E-state index in [4.69, 9.17) is 25.8 Å². The van der Waals surface area contributed by atoms with Crippen molar-refractivity contribution in [3.05, 3.63) is 22.7 Å². The molecule has 0 fully saturated rings. The number of benzene rings is 1. The Balaban J connectivity index is 2.75. The number of esters is 1. The third-order valence-corrected chi connectivity index (χ3v) is 4.34. The molecule has 1 rings (SSSR count). The summed E-state index contributed by atoms with van der Waals surface area (Å²) in [5.74, 6) is -0.790. The monoisotopic (exact) mass is 428 g/mol. The van der Waals surface area contributed by atoms with Crippen molar-refractivity contribution in [3.8, 4) is 11.5 Å². The molecule has 0 spiro atoms. The van der Waals surface area contributed by atoms with Crippen LogP contribution in [0.3, 0.4) is 0 Å². The van der Waals surface area contributed by atoms with Gasteiger partial charge in [0.25, 0.3) is 5.91 Å².